The van der Waals surface area contributed by atoms with Gasteiger partial charge in [0.25, 0.3) is 0 Å². The van der Waals surface area contributed by atoms with E-state index in [0.717, 1.165) is 11.1 Å². The van der Waals surface area contributed by atoms with Gasteiger partial charge in [0, 0.05) is 19.0 Å². The van der Waals surface area contributed by atoms with Gasteiger partial charge in [-0.1, -0.05) is 13.0 Å². The number of ether oxygens (including phenoxy) is 1. The van der Waals surface area contributed by atoms with Crippen LogP contribution in [0.5, 0.6) is 0 Å². The van der Waals surface area contributed by atoms with E-state index in [1.54, 1.807) is 0 Å². The molecule has 1 fully saturated rings. The van der Waals surface area contributed by atoms with Crippen LogP contribution in [-0.2, 0) is 23.9 Å². The van der Waals surface area contributed by atoms with Crippen LogP contribution >= 0.6 is 12.4 Å². The van der Waals surface area contributed by atoms with Crippen LogP contribution in [0.25, 0.3) is 0 Å². The van der Waals surface area contributed by atoms with E-state index in [0.29, 0.717) is 25.1 Å². The molecule has 0 aromatic heterocycles. The zero-order valence-electron chi connectivity index (χ0n) is 12.0. The molecule has 1 aromatic rings. The molecule has 6 heteroatoms. The molecule has 0 amide bonds. The molecule has 118 valence electrons. The largest absolute Gasteiger partial charge is 0.416 e. The normalized spacial score (nSPS) is 27.8. The fraction of sp³-hybridized carbons (Fsp3) is 0.600. The van der Waals surface area contributed by atoms with Crippen LogP contribution < -0.4 is 5.32 Å². The minimum atomic E-state index is -4.32. The van der Waals surface area contributed by atoms with Gasteiger partial charge < -0.3 is 10.1 Å². The van der Waals surface area contributed by atoms with Gasteiger partial charge in [-0.2, -0.15) is 13.2 Å². The van der Waals surface area contributed by atoms with Gasteiger partial charge in [-0.3, -0.25) is 0 Å². The summed E-state index contributed by atoms with van der Waals surface area (Å²) in [6.07, 6.45) is -3.72. The number of hydrogen-bond acceptors (Lipinski definition) is 2. The Morgan fingerprint density at radius 1 is 1.38 bits per heavy atom. The average molecular weight is 322 g/mol. The second-order valence-electron chi connectivity index (χ2n) is 5.85. The molecule has 2 nitrogen and oxygen atoms in total. The maximum atomic E-state index is 13.3. The van der Waals surface area contributed by atoms with Gasteiger partial charge in [0.1, 0.15) is 0 Å². The highest BCUT2D eigenvalue weighted by atomic mass is 35.5. The van der Waals surface area contributed by atoms with E-state index < -0.39 is 11.7 Å². The van der Waals surface area contributed by atoms with Gasteiger partial charge in [0.05, 0.1) is 17.8 Å². The Morgan fingerprint density at radius 3 is 2.71 bits per heavy atom. The lowest BCUT2D eigenvalue weighted by molar-refractivity contribution is -0.141. The van der Waals surface area contributed by atoms with Crippen molar-refractivity contribution in [1.82, 2.24) is 5.32 Å². The third kappa shape index (κ3) is 2.67. The molecule has 0 unspecified atom stereocenters. The highest BCUT2D eigenvalue weighted by Gasteiger charge is 2.47. The van der Waals surface area contributed by atoms with Crippen LogP contribution in [0.15, 0.2) is 12.1 Å². The predicted molar refractivity (Wildman–Crippen MR) is 76.9 cm³/mol. The van der Waals surface area contributed by atoms with Crippen molar-refractivity contribution in [3.8, 4) is 0 Å². The van der Waals surface area contributed by atoms with E-state index in [1.165, 1.54) is 6.07 Å². The van der Waals surface area contributed by atoms with E-state index in [1.807, 2.05) is 19.9 Å². The highest BCUT2D eigenvalue weighted by molar-refractivity contribution is 5.85. The zero-order valence-corrected chi connectivity index (χ0v) is 12.8. The summed E-state index contributed by atoms with van der Waals surface area (Å²) in [6.45, 7) is 5.27. The molecule has 2 aliphatic heterocycles. The molecule has 1 N–H and O–H groups in total. The average Bonchev–Trinajstić information content (AvgIpc) is 2.78. The quantitative estimate of drug-likeness (QED) is 0.852. The van der Waals surface area contributed by atoms with E-state index >= 15 is 0 Å². The standard InChI is InChI=1S/C15H18F3NO.ClH/c1-3-9-4-10-11(12(5-9)15(16,17)18)7-20-14(2)8-19-6-13(10)14;/h4-5,13,19H,3,6-8H2,1-2H3;1H/t13-,14-;/m0./s1. The Balaban J connectivity index is 0.00000161. The highest BCUT2D eigenvalue weighted by Crippen LogP contribution is 2.45. The first-order valence-corrected chi connectivity index (χ1v) is 6.92. The van der Waals surface area contributed by atoms with Gasteiger partial charge in [-0.15, -0.1) is 12.4 Å². The van der Waals surface area contributed by atoms with Gasteiger partial charge in [0.15, 0.2) is 0 Å². The molecule has 0 saturated carbocycles. The molecule has 2 atom stereocenters. The SMILES string of the molecule is CCc1cc2c(c(C(F)(F)F)c1)CO[C@@]1(C)CNC[C@@H]21.Cl. The molecular formula is C15H19ClF3NO. The molecule has 0 radical (unpaired) electrons. The summed E-state index contributed by atoms with van der Waals surface area (Å²) in [4.78, 5) is 0. The summed E-state index contributed by atoms with van der Waals surface area (Å²) in [5.74, 6) is -0.00106. The van der Waals surface area contributed by atoms with Crippen molar-refractivity contribution in [2.45, 2.75) is 44.6 Å². The molecule has 2 aliphatic rings. The summed E-state index contributed by atoms with van der Waals surface area (Å²) >= 11 is 0. The monoisotopic (exact) mass is 321 g/mol. The van der Waals surface area contributed by atoms with Crippen molar-refractivity contribution >= 4 is 12.4 Å². The maximum absolute atomic E-state index is 13.3. The van der Waals surface area contributed by atoms with Gasteiger partial charge in [0.2, 0.25) is 0 Å². The van der Waals surface area contributed by atoms with Crippen LogP contribution in [-0.4, -0.2) is 18.7 Å². The van der Waals surface area contributed by atoms with Crippen LogP contribution in [0.1, 0.15) is 42.0 Å². The molecule has 0 bridgehead atoms. The number of fused-ring (bicyclic) bond motifs is 3. The number of alkyl halides is 3. The van der Waals surface area contributed by atoms with Crippen molar-refractivity contribution in [2.75, 3.05) is 13.1 Å². The Labute approximate surface area is 128 Å². The molecule has 21 heavy (non-hydrogen) atoms. The topological polar surface area (TPSA) is 21.3 Å². The van der Waals surface area contributed by atoms with Crippen molar-refractivity contribution in [3.05, 3.63) is 34.4 Å². The summed E-state index contributed by atoms with van der Waals surface area (Å²) in [5, 5.41) is 3.24. The summed E-state index contributed by atoms with van der Waals surface area (Å²) in [5.41, 5.74) is 0.965. The van der Waals surface area contributed by atoms with E-state index in [9.17, 15) is 13.2 Å². The number of benzene rings is 1. The molecule has 3 rings (SSSR count). The van der Waals surface area contributed by atoms with Crippen LogP contribution in [0.4, 0.5) is 13.2 Å². The number of rotatable bonds is 1. The maximum Gasteiger partial charge on any atom is 0.416 e. The first kappa shape index (κ1) is 16.6. The molecule has 2 heterocycles. The molecule has 0 aliphatic carbocycles. The van der Waals surface area contributed by atoms with E-state index in [2.05, 4.69) is 5.32 Å². The molecular weight excluding hydrogens is 303 g/mol. The van der Waals surface area contributed by atoms with E-state index in [4.69, 9.17) is 4.74 Å². The number of nitrogens with one attached hydrogen (secondary N) is 1. The Kier molecular flexibility index (Phi) is 4.30. The first-order valence-electron chi connectivity index (χ1n) is 6.92. The summed E-state index contributed by atoms with van der Waals surface area (Å²) in [6, 6.07) is 3.20. The second-order valence-corrected chi connectivity index (χ2v) is 5.85. The smallest absolute Gasteiger partial charge is 0.369 e. The lowest BCUT2D eigenvalue weighted by atomic mass is 9.79. The number of hydrogen-bond donors (Lipinski definition) is 1. The predicted octanol–water partition coefficient (Wildman–Crippen LogP) is 3.67. The van der Waals surface area contributed by atoms with Crippen molar-refractivity contribution in [3.63, 3.8) is 0 Å². The number of halogens is 4. The van der Waals surface area contributed by atoms with Gasteiger partial charge in [-0.05, 0) is 36.1 Å². The lowest BCUT2D eigenvalue weighted by Crippen LogP contribution is -2.40. The number of aryl methyl sites for hydroxylation is 1. The fourth-order valence-corrected chi connectivity index (χ4v) is 3.32. The molecule has 1 aromatic carbocycles. The van der Waals surface area contributed by atoms with Crippen LogP contribution in [0, 0.1) is 0 Å². The zero-order chi connectivity index (χ0) is 14.5. The van der Waals surface area contributed by atoms with Crippen molar-refractivity contribution in [2.24, 2.45) is 0 Å². The summed E-state index contributed by atoms with van der Waals surface area (Å²) < 4.78 is 45.5. The lowest BCUT2D eigenvalue weighted by Gasteiger charge is -2.38. The summed E-state index contributed by atoms with van der Waals surface area (Å²) in [7, 11) is 0. The first-order chi connectivity index (χ1) is 9.35. The van der Waals surface area contributed by atoms with Crippen molar-refractivity contribution in [1.29, 1.82) is 0 Å². The second kappa shape index (κ2) is 5.45. The Morgan fingerprint density at radius 2 is 2.10 bits per heavy atom. The fourth-order valence-electron chi connectivity index (χ4n) is 3.32. The third-order valence-electron chi connectivity index (χ3n) is 4.54. The van der Waals surface area contributed by atoms with Crippen molar-refractivity contribution < 1.29 is 17.9 Å². The third-order valence-corrected chi connectivity index (χ3v) is 4.54. The molecule has 0 spiro atoms. The van der Waals surface area contributed by atoms with E-state index in [-0.39, 0.29) is 30.5 Å². The Hall–Kier alpha value is -0.780. The minimum Gasteiger partial charge on any atom is -0.369 e. The minimum absolute atomic E-state index is 0. The van der Waals surface area contributed by atoms with Gasteiger partial charge in [-0.25, -0.2) is 0 Å². The van der Waals surface area contributed by atoms with Gasteiger partial charge >= 0.3 is 6.18 Å². The Bertz CT molecular complexity index is 546. The van der Waals surface area contributed by atoms with Crippen LogP contribution in [0.3, 0.4) is 0 Å². The van der Waals surface area contributed by atoms with Crippen LogP contribution in [0.2, 0.25) is 0 Å². The molecule has 1 saturated heterocycles.